The average molecular weight is 297 g/mol. The van der Waals surface area contributed by atoms with Gasteiger partial charge in [0.05, 0.1) is 10.2 Å². The SMILES string of the molecule is CCNC(=O)Nc1ccc(-c2nc3ccccc3s2)cc1. The molecule has 0 aliphatic carbocycles. The molecule has 21 heavy (non-hydrogen) atoms. The third-order valence-electron chi connectivity index (χ3n) is 3.02. The van der Waals surface area contributed by atoms with Crippen molar-refractivity contribution in [3.63, 3.8) is 0 Å². The summed E-state index contributed by atoms with van der Waals surface area (Å²) in [5.74, 6) is 0. The zero-order chi connectivity index (χ0) is 14.7. The van der Waals surface area contributed by atoms with Crippen LogP contribution in [-0.2, 0) is 0 Å². The number of amides is 2. The van der Waals surface area contributed by atoms with E-state index in [0.717, 1.165) is 21.8 Å². The minimum absolute atomic E-state index is 0.190. The largest absolute Gasteiger partial charge is 0.338 e. The Kier molecular flexibility index (Phi) is 3.83. The molecule has 0 aliphatic heterocycles. The van der Waals surface area contributed by atoms with Crippen molar-refractivity contribution in [3.05, 3.63) is 48.5 Å². The van der Waals surface area contributed by atoms with Crippen LogP contribution in [0.15, 0.2) is 48.5 Å². The summed E-state index contributed by atoms with van der Waals surface area (Å²) in [7, 11) is 0. The van der Waals surface area contributed by atoms with E-state index in [1.807, 2.05) is 49.4 Å². The fourth-order valence-electron chi connectivity index (χ4n) is 2.03. The first-order valence-electron chi connectivity index (χ1n) is 6.77. The van der Waals surface area contributed by atoms with Gasteiger partial charge in [0, 0.05) is 17.8 Å². The second-order valence-corrected chi connectivity index (χ2v) is 5.58. The lowest BCUT2D eigenvalue weighted by atomic mass is 10.2. The topological polar surface area (TPSA) is 54.0 Å². The molecule has 0 saturated carbocycles. The van der Waals surface area contributed by atoms with Crippen molar-refractivity contribution >= 4 is 33.3 Å². The fraction of sp³-hybridized carbons (Fsp3) is 0.125. The summed E-state index contributed by atoms with van der Waals surface area (Å²) in [5, 5.41) is 6.47. The number of carbonyl (C=O) groups is 1. The molecule has 1 heterocycles. The van der Waals surface area contributed by atoms with Crippen molar-refractivity contribution in [1.29, 1.82) is 0 Å². The van der Waals surface area contributed by atoms with E-state index in [9.17, 15) is 4.79 Å². The minimum Gasteiger partial charge on any atom is -0.338 e. The number of hydrogen-bond donors (Lipinski definition) is 2. The number of fused-ring (bicyclic) bond motifs is 1. The molecule has 0 radical (unpaired) electrons. The number of benzene rings is 2. The van der Waals surface area contributed by atoms with Crippen molar-refractivity contribution in [2.75, 3.05) is 11.9 Å². The van der Waals surface area contributed by atoms with Crippen LogP contribution in [0.25, 0.3) is 20.8 Å². The van der Waals surface area contributed by atoms with Gasteiger partial charge in [-0.15, -0.1) is 11.3 Å². The molecule has 2 aromatic carbocycles. The molecular formula is C16H15N3OS. The summed E-state index contributed by atoms with van der Waals surface area (Å²) in [6, 6.07) is 15.6. The first-order valence-corrected chi connectivity index (χ1v) is 7.59. The van der Waals surface area contributed by atoms with Crippen LogP contribution >= 0.6 is 11.3 Å². The monoisotopic (exact) mass is 297 g/mol. The summed E-state index contributed by atoms with van der Waals surface area (Å²) in [6.45, 7) is 2.49. The summed E-state index contributed by atoms with van der Waals surface area (Å²) in [6.07, 6.45) is 0. The molecule has 0 spiro atoms. The zero-order valence-corrected chi connectivity index (χ0v) is 12.4. The van der Waals surface area contributed by atoms with Gasteiger partial charge in [0.25, 0.3) is 0 Å². The van der Waals surface area contributed by atoms with Crippen molar-refractivity contribution in [1.82, 2.24) is 10.3 Å². The number of hydrogen-bond acceptors (Lipinski definition) is 3. The smallest absolute Gasteiger partial charge is 0.319 e. The molecule has 0 unspecified atom stereocenters. The van der Waals surface area contributed by atoms with Crippen LogP contribution in [0.1, 0.15) is 6.92 Å². The molecule has 0 atom stereocenters. The molecule has 106 valence electrons. The van der Waals surface area contributed by atoms with E-state index < -0.39 is 0 Å². The van der Waals surface area contributed by atoms with Gasteiger partial charge in [-0.3, -0.25) is 0 Å². The minimum atomic E-state index is -0.190. The van der Waals surface area contributed by atoms with Gasteiger partial charge in [-0.1, -0.05) is 12.1 Å². The van der Waals surface area contributed by atoms with Gasteiger partial charge in [0.1, 0.15) is 5.01 Å². The molecule has 2 N–H and O–H groups in total. The van der Waals surface area contributed by atoms with Crippen molar-refractivity contribution in [3.8, 4) is 10.6 Å². The Bertz CT molecular complexity index is 732. The quantitative estimate of drug-likeness (QED) is 0.764. The molecular weight excluding hydrogens is 282 g/mol. The van der Waals surface area contributed by atoms with Crippen LogP contribution in [0.5, 0.6) is 0 Å². The van der Waals surface area contributed by atoms with Gasteiger partial charge >= 0.3 is 6.03 Å². The van der Waals surface area contributed by atoms with E-state index in [2.05, 4.69) is 21.7 Å². The normalized spacial score (nSPS) is 10.5. The van der Waals surface area contributed by atoms with Crippen LogP contribution in [0.3, 0.4) is 0 Å². The highest BCUT2D eigenvalue weighted by Crippen LogP contribution is 2.30. The maximum Gasteiger partial charge on any atom is 0.319 e. The number of aromatic nitrogens is 1. The molecule has 0 aliphatic rings. The van der Waals surface area contributed by atoms with Gasteiger partial charge in [0.15, 0.2) is 0 Å². The summed E-state index contributed by atoms with van der Waals surface area (Å²) < 4.78 is 1.18. The number of thiazole rings is 1. The van der Waals surface area contributed by atoms with E-state index in [1.165, 1.54) is 4.70 Å². The van der Waals surface area contributed by atoms with Gasteiger partial charge in [-0.05, 0) is 43.3 Å². The molecule has 1 aromatic heterocycles. The van der Waals surface area contributed by atoms with E-state index in [0.29, 0.717) is 6.54 Å². The van der Waals surface area contributed by atoms with Crippen molar-refractivity contribution in [2.24, 2.45) is 0 Å². The van der Waals surface area contributed by atoms with Gasteiger partial charge < -0.3 is 10.6 Å². The number of nitrogens with zero attached hydrogens (tertiary/aromatic N) is 1. The maximum atomic E-state index is 11.5. The van der Waals surface area contributed by atoms with Crippen LogP contribution in [0.4, 0.5) is 10.5 Å². The van der Waals surface area contributed by atoms with Crippen LogP contribution in [0, 0.1) is 0 Å². The third kappa shape index (κ3) is 3.03. The predicted octanol–water partition coefficient (Wildman–Crippen LogP) is 4.10. The number of para-hydroxylation sites is 1. The van der Waals surface area contributed by atoms with Crippen molar-refractivity contribution < 1.29 is 4.79 Å². The second kappa shape index (κ2) is 5.93. The molecule has 3 rings (SSSR count). The fourth-order valence-corrected chi connectivity index (χ4v) is 3.00. The lowest BCUT2D eigenvalue weighted by Gasteiger charge is -2.06. The first kappa shape index (κ1) is 13.6. The Morgan fingerprint density at radius 3 is 2.62 bits per heavy atom. The molecule has 0 saturated heterocycles. The maximum absolute atomic E-state index is 11.5. The van der Waals surface area contributed by atoms with Gasteiger partial charge in [-0.25, -0.2) is 9.78 Å². The van der Waals surface area contributed by atoms with E-state index in [1.54, 1.807) is 11.3 Å². The number of anilines is 1. The van der Waals surface area contributed by atoms with E-state index >= 15 is 0 Å². The number of carbonyl (C=O) groups excluding carboxylic acids is 1. The van der Waals surface area contributed by atoms with Gasteiger partial charge in [0.2, 0.25) is 0 Å². The molecule has 0 bridgehead atoms. The Labute approximate surface area is 126 Å². The molecule has 3 aromatic rings. The average Bonchev–Trinajstić information content (AvgIpc) is 2.92. The molecule has 5 heteroatoms. The van der Waals surface area contributed by atoms with E-state index in [-0.39, 0.29) is 6.03 Å². The predicted molar refractivity (Wildman–Crippen MR) is 87.8 cm³/mol. The van der Waals surface area contributed by atoms with Gasteiger partial charge in [-0.2, -0.15) is 0 Å². The van der Waals surface area contributed by atoms with Crippen LogP contribution in [-0.4, -0.2) is 17.6 Å². The highest BCUT2D eigenvalue weighted by molar-refractivity contribution is 7.21. The molecule has 4 nitrogen and oxygen atoms in total. The summed E-state index contributed by atoms with van der Waals surface area (Å²) in [4.78, 5) is 16.1. The van der Waals surface area contributed by atoms with E-state index in [4.69, 9.17) is 0 Å². The highest BCUT2D eigenvalue weighted by Gasteiger charge is 2.06. The Balaban J connectivity index is 1.81. The third-order valence-corrected chi connectivity index (χ3v) is 4.11. The summed E-state index contributed by atoms with van der Waals surface area (Å²) >= 11 is 1.67. The second-order valence-electron chi connectivity index (χ2n) is 4.55. The molecule has 0 fully saturated rings. The Morgan fingerprint density at radius 2 is 1.90 bits per heavy atom. The lowest BCUT2D eigenvalue weighted by molar-refractivity contribution is 0.252. The van der Waals surface area contributed by atoms with Crippen LogP contribution in [0.2, 0.25) is 0 Å². The Morgan fingerprint density at radius 1 is 1.14 bits per heavy atom. The Hall–Kier alpha value is -2.40. The standard InChI is InChI=1S/C16H15N3OS/c1-2-17-16(20)18-12-9-7-11(8-10-12)15-19-13-5-3-4-6-14(13)21-15/h3-10H,2H2,1H3,(H2,17,18,20). The number of rotatable bonds is 3. The zero-order valence-electron chi connectivity index (χ0n) is 11.6. The molecule has 2 amide bonds. The van der Waals surface area contributed by atoms with Crippen molar-refractivity contribution in [2.45, 2.75) is 6.92 Å². The van der Waals surface area contributed by atoms with Crippen LogP contribution < -0.4 is 10.6 Å². The number of nitrogens with one attached hydrogen (secondary N) is 2. The lowest BCUT2D eigenvalue weighted by Crippen LogP contribution is -2.28. The summed E-state index contributed by atoms with van der Waals surface area (Å²) in [5.41, 5.74) is 2.84. The highest BCUT2D eigenvalue weighted by atomic mass is 32.1. The number of urea groups is 1. The first-order chi connectivity index (χ1) is 10.3.